The van der Waals surface area contributed by atoms with Gasteiger partial charge in [-0.25, -0.2) is 13.4 Å². The summed E-state index contributed by atoms with van der Waals surface area (Å²) in [6.07, 6.45) is 3.07. The van der Waals surface area contributed by atoms with Crippen molar-refractivity contribution in [2.75, 3.05) is 18.4 Å². The summed E-state index contributed by atoms with van der Waals surface area (Å²) < 4.78 is 28.8. The minimum absolute atomic E-state index is 0.222. The van der Waals surface area contributed by atoms with Gasteiger partial charge < -0.3 is 0 Å². The van der Waals surface area contributed by atoms with Crippen molar-refractivity contribution in [1.29, 1.82) is 0 Å². The van der Waals surface area contributed by atoms with Gasteiger partial charge in [0.15, 0.2) is 5.13 Å². The van der Waals surface area contributed by atoms with Crippen LogP contribution in [-0.4, -0.2) is 41.7 Å². The Labute approximate surface area is 181 Å². The van der Waals surface area contributed by atoms with E-state index < -0.39 is 10.0 Å². The van der Waals surface area contributed by atoms with Crippen molar-refractivity contribution in [1.82, 2.24) is 14.3 Å². The summed E-state index contributed by atoms with van der Waals surface area (Å²) in [6, 6.07) is 8.25. The number of benzene rings is 1. The standard InChI is InChI=1S/C21H26N4O3S2/c1-14(2)12-25(13-15(3)4)30(27,28)17-7-8-18-19(10-17)29-21(23-18)24-20(26)16-6-5-9-22-11-16/h5-11,14-15H,12-13H2,1-4H3,(H,23,24,26). The van der Waals surface area contributed by atoms with Crippen LogP contribution in [0.1, 0.15) is 38.1 Å². The molecule has 1 aromatic carbocycles. The van der Waals surface area contributed by atoms with Crippen LogP contribution < -0.4 is 5.32 Å². The lowest BCUT2D eigenvalue weighted by molar-refractivity contribution is 0.102. The SMILES string of the molecule is CC(C)CN(CC(C)C)S(=O)(=O)c1ccc2nc(NC(=O)c3cccnc3)sc2c1. The molecule has 0 spiro atoms. The Kier molecular flexibility index (Phi) is 6.84. The zero-order valence-corrected chi connectivity index (χ0v) is 19.1. The van der Waals surface area contributed by atoms with Crippen molar-refractivity contribution in [3.8, 4) is 0 Å². The second-order valence-corrected chi connectivity index (χ2v) is 10.9. The molecule has 0 saturated carbocycles. The quantitative estimate of drug-likeness (QED) is 0.558. The lowest BCUT2D eigenvalue weighted by Gasteiger charge is -2.25. The first-order valence-electron chi connectivity index (χ1n) is 9.79. The van der Waals surface area contributed by atoms with Crippen LogP contribution in [0.25, 0.3) is 10.2 Å². The van der Waals surface area contributed by atoms with E-state index >= 15 is 0 Å². The number of sulfonamides is 1. The number of pyridine rings is 1. The molecule has 9 heteroatoms. The van der Waals surface area contributed by atoms with E-state index in [1.807, 2.05) is 27.7 Å². The number of hydrogen-bond donors (Lipinski definition) is 1. The van der Waals surface area contributed by atoms with E-state index in [0.29, 0.717) is 34.0 Å². The summed E-state index contributed by atoms with van der Waals surface area (Å²) in [5, 5.41) is 3.16. The molecule has 0 unspecified atom stereocenters. The number of nitrogens with zero attached hydrogens (tertiary/aromatic N) is 3. The monoisotopic (exact) mass is 446 g/mol. The molecule has 0 saturated heterocycles. The Hall–Kier alpha value is -2.36. The fraction of sp³-hybridized carbons (Fsp3) is 0.381. The van der Waals surface area contributed by atoms with Crippen LogP contribution in [-0.2, 0) is 10.0 Å². The van der Waals surface area contributed by atoms with Crippen molar-refractivity contribution in [2.45, 2.75) is 32.6 Å². The van der Waals surface area contributed by atoms with Gasteiger partial charge in [0.2, 0.25) is 10.0 Å². The molecule has 0 aliphatic rings. The molecule has 0 aliphatic carbocycles. The van der Waals surface area contributed by atoms with Gasteiger partial charge in [-0.2, -0.15) is 4.31 Å². The van der Waals surface area contributed by atoms with E-state index in [1.165, 1.54) is 17.5 Å². The number of thiazole rings is 1. The smallest absolute Gasteiger partial charge is 0.259 e. The Balaban J connectivity index is 1.88. The third-order valence-corrected chi connectivity index (χ3v) is 7.04. The highest BCUT2D eigenvalue weighted by Gasteiger charge is 2.26. The number of fused-ring (bicyclic) bond motifs is 1. The zero-order valence-electron chi connectivity index (χ0n) is 17.5. The van der Waals surface area contributed by atoms with Crippen LogP contribution in [0.15, 0.2) is 47.6 Å². The zero-order chi connectivity index (χ0) is 21.9. The molecule has 0 atom stereocenters. The number of carbonyl (C=O) groups excluding carboxylic acids is 1. The third-order valence-electron chi connectivity index (χ3n) is 4.28. The van der Waals surface area contributed by atoms with Gasteiger partial charge >= 0.3 is 0 Å². The average molecular weight is 447 g/mol. The highest BCUT2D eigenvalue weighted by molar-refractivity contribution is 7.89. The van der Waals surface area contributed by atoms with Crippen LogP contribution in [0.3, 0.4) is 0 Å². The molecule has 1 amide bonds. The van der Waals surface area contributed by atoms with Crippen molar-refractivity contribution in [2.24, 2.45) is 11.8 Å². The summed E-state index contributed by atoms with van der Waals surface area (Å²) in [6.45, 7) is 8.96. The number of nitrogens with one attached hydrogen (secondary N) is 1. The molecule has 0 fully saturated rings. The Morgan fingerprint density at radius 3 is 2.43 bits per heavy atom. The molecule has 2 aromatic heterocycles. The molecule has 0 radical (unpaired) electrons. The predicted octanol–water partition coefficient (Wildman–Crippen LogP) is 4.25. The molecule has 3 aromatic rings. The van der Waals surface area contributed by atoms with Crippen LogP contribution in [0.4, 0.5) is 5.13 Å². The summed E-state index contributed by atoms with van der Waals surface area (Å²) in [5.41, 5.74) is 1.07. The maximum absolute atomic E-state index is 13.3. The van der Waals surface area contributed by atoms with Crippen molar-refractivity contribution in [3.63, 3.8) is 0 Å². The first-order chi connectivity index (χ1) is 14.2. The Morgan fingerprint density at radius 1 is 1.13 bits per heavy atom. The molecule has 0 bridgehead atoms. The van der Waals surface area contributed by atoms with E-state index in [0.717, 1.165) is 0 Å². The van der Waals surface area contributed by atoms with Crippen LogP contribution >= 0.6 is 11.3 Å². The minimum Gasteiger partial charge on any atom is -0.298 e. The van der Waals surface area contributed by atoms with Crippen LogP contribution in [0, 0.1) is 11.8 Å². The predicted molar refractivity (Wildman–Crippen MR) is 120 cm³/mol. The summed E-state index contributed by atoms with van der Waals surface area (Å²) in [5.74, 6) is 0.134. The van der Waals surface area contributed by atoms with E-state index in [-0.39, 0.29) is 22.6 Å². The second kappa shape index (κ2) is 9.20. The highest BCUT2D eigenvalue weighted by atomic mass is 32.2. The number of carbonyl (C=O) groups is 1. The van der Waals surface area contributed by atoms with E-state index in [2.05, 4.69) is 15.3 Å². The van der Waals surface area contributed by atoms with Gasteiger partial charge in [-0.05, 0) is 42.2 Å². The first kappa shape index (κ1) is 22.3. The first-order valence-corrected chi connectivity index (χ1v) is 12.0. The summed E-state index contributed by atoms with van der Waals surface area (Å²) in [7, 11) is -3.62. The Bertz CT molecular complexity index is 1120. The number of hydrogen-bond acceptors (Lipinski definition) is 6. The molecule has 3 rings (SSSR count). The molecule has 160 valence electrons. The van der Waals surface area contributed by atoms with Gasteiger partial charge in [0.05, 0.1) is 20.7 Å². The summed E-state index contributed by atoms with van der Waals surface area (Å²) >= 11 is 1.24. The number of anilines is 1. The van der Waals surface area contributed by atoms with Gasteiger partial charge in [0, 0.05) is 25.5 Å². The van der Waals surface area contributed by atoms with Crippen LogP contribution in [0.5, 0.6) is 0 Å². The molecular weight excluding hydrogens is 420 g/mol. The van der Waals surface area contributed by atoms with Crippen molar-refractivity contribution in [3.05, 3.63) is 48.3 Å². The lowest BCUT2D eigenvalue weighted by Crippen LogP contribution is -2.37. The number of amides is 1. The third kappa shape index (κ3) is 5.21. The normalized spacial score (nSPS) is 12.2. The molecular formula is C21H26N4O3S2. The topological polar surface area (TPSA) is 92.3 Å². The van der Waals surface area contributed by atoms with Gasteiger partial charge in [-0.3, -0.25) is 15.1 Å². The lowest BCUT2D eigenvalue weighted by atomic mass is 10.2. The maximum atomic E-state index is 13.3. The minimum atomic E-state index is -3.62. The van der Waals surface area contributed by atoms with Gasteiger partial charge in [-0.1, -0.05) is 39.0 Å². The fourth-order valence-electron chi connectivity index (χ4n) is 3.02. The average Bonchev–Trinajstić information content (AvgIpc) is 3.08. The van der Waals surface area contributed by atoms with Crippen molar-refractivity contribution >= 4 is 42.6 Å². The molecule has 2 heterocycles. The second-order valence-electron chi connectivity index (χ2n) is 7.95. The van der Waals surface area contributed by atoms with E-state index in [9.17, 15) is 13.2 Å². The number of aromatic nitrogens is 2. The molecule has 1 N–H and O–H groups in total. The van der Waals surface area contributed by atoms with Crippen LogP contribution in [0.2, 0.25) is 0 Å². The Morgan fingerprint density at radius 2 is 1.83 bits per heavy atom. The largest absolute Gasteiger partial charge is 0.298 e. The van der Waals surface area contributed by atoms with E-state index in [1.54, 1.807) is 40.8 Å². The molecule has 30 heavy (non-hydrogen) atoms. The summed E-state index contributed by atoms with van der Waals surface area (Å²) in [4.78, 5) is 20.9. The van der Waals surface area contributed by atoms with Crippen molar-refractivity contribution < 1.29 is 13.2 Å². The van der Waals surface area contributed by atoms with E-state index in [4.69, 9.17) is 0 Å². The molecule has 0 aliphatic heterocycles. The van der Waals surface area contributed by atoms with Gasteiger partial charge in [0.1, 0.15) is 0 Å². The fourth-order valence-corrected chi connectivity index (χ4v) is 5.79. The molecule has 7 nitrogen and oxygen atoms in total. The maximum Gasteiger partial charge on any atom is 0.259 e. The van der Waals surface area contributed by atoms with Gasteiger partial charge in [0.25, 0.3) is 5.91 Å². The van der Waals surface area contributed by atoms with Gasteiger partial charge in [-0.15, -0.1) is 0 Å². The number of rotatable bonds is 8. The highest BCUT2D eigenvalue weighted by Crippen LogP contribution is 2.30.